The number of hydrogen-bond donors (Lipinski definition) is 0. The zero-order valence-electron chi connectivity index (χ0n) is 69.1. The van der Waals surface area contributed by atoms with E-state index in [9.17, 15) is 0 Å². The van der Waals surface area contributed by atoms with Crippen molar-refractivity contribution in [1.82, 2.24) is 0 Å². The average molecular weight is 1570 g/mol. The van der Waals surface area contributed by atoms with Gasteiger partial charge in [0.15, 0.2) is 0 Å². The van der Waals surface area contributed by atoms with E-state index in [0.29, 0.717) is 0 Å². The van der Waals surface area contributed by atoms with Gasteiger partial charge in [-0.2, -0.15) is 0 Å². The predicted octanol–water partition coefficient (Wildman–Crippen LogP) is 31.4. The monoisotopic (exact) mass is 1560 g/mol. The third-order valence-corrected chi connectivity index (χ3v) is 22.2. The number of aryl methyl sites for hydroxylation is 2. The Kier molecular flexibility index (Phi) is 25.0. The summed E-state index contributed by atoms with van der Waals surface area (Å²) in [6.45, 7) is 4.25. The quantitative estimate of drug-likeness (QED) is 0.0668. The van der Waals surface area contributed by atoms with Crippen molar-refractivity contribution in [3.63, 3.8) is 0 Å². The van der Waals surface area contributed by atoms with E-state index >= 15 is 0 Å². The minimum Gasteiger partial charge on any atom is -0.497 e. The zero-order chi connectivity index (χ0) is 82.6. The first-order valence-electron chi connectivity index (χ1n) is 41.1. The largest absolute Gasteiger partial charge is 0.497 e. The number of methoxy groups -OCH3 is 1. The molecule has 121 heavy (non-hydrogen) atoms. The highest BCUT2D eigenvalue weighted by atomic mass is 16.5. The van der Waals surface area contributed by atoms with Gasteiger partial charge < -0.3 is 34.1 Å². The van der Waals surface area contributed by atoms with Gasteiger partial charge in [-0.3, -0.25) is 0 Å². The summed E-state index contributed by atoms with van der Waals surface area (Å²) in [4.78, 5) is 13.6. The number of nitrogens with zero attached hydrogens (tertiary/aromatic N) is 6. The summed E-state index contributed by atoms with van der Waals surface area (Å²) in [7, 11) is 8.00. The Hall–Kier alpha value is -15.4. The summed E-state index contributed by atoms with van der Waals surface area (Å²) < 4.78 is 5.32. The van der Waals surface area contributed by atoms with Crippen molar-refractivity contribution in [3.8, 4) is 72.5 Å². The maximum Gasteiger partial charge on any atom is 0.119 e. The molecule has 0 atom stereocenters. The molecule has 0 radical (unpaired) electrons. The van der Waals surface area contributed by atoms with Crippen molar-refractivity contribution in [3.05, 3.63) is 484 Å². The lowest BCUT2D eigenvalue weighted by Crippen LogP contribution is -2.12. The lowest BCUT2D eigenvalue weighted by molar-refractivity contribution is 0.415. The third kappa shape index (κ3) is 19.3. The van der Waals surface area contributed by atoms with E-state index in [4.69, 9.17) is 4.74 Å². The molecule has 18 aromatic rings. The van der Waals surface area contributed by atoms with Crippen LogP contribution >= 0.6 is 0 Å². The summed E-state index contributed by atoms with van der Waals surface area (Å²) in [6.07, 6.45) is 0. The molecule has 0 saturated heterocycles. The molecular formula is C114H96N6O. The normalized spacial score (nSPS) is 10.7. The summed E-state index contributed by atoms with van der Waals surface area (Å²) in [5.41, 5.74) is 33.9. The minimum absolute atomic E-state index is 0.852. The van der Waals surface area contributed by atoms with Crippen LogP contribution in [0, 0.1) is 13.8 Å². The average Bonchev–Trinajstić information content (AvgIpc) is 0.799. The predicted molar refractivity (Wildman–Crippen MR) is 516 cm³/mol. The van der Waals surface area contributed by atoms with E-state index in [-0.39, 0.29) is 0 Å². The van der Waals surface area contributed by atoms with E-state index in [1.807, 2.05) is 12.1 Å². The maximum absolute atomic E-state index is 5.32. The van der Waals surface area contributed by atoms with Gasteiger partial charge >= 0.3 is 0 Å². The van der Waals surface area contributed by atoms with Gasteiger partial charge in [-0.1, -0.05) is 285 Å². The van der Waals surface area contributed by atoms with Crippen molar-refractivity contribution in [2.45, 2.75) is 13.8 Å². The minimum atomic E-state index is 0.852. The first-order valence-corrected chi connectivity index (χ1v) is 41.1. The second-order valence-corrected chi connectivity index (χ2v) is 30.1. The van der Waals surface area contributed by atoms with Gasteiger partial charge in [0.1, 0.15) is 5.75 Å². The molecule has 0 unspecified atom stereocenters. The molecule has 0 aliphatic rings. The lowest BCUT2D eigenvalue weighted by Gasteiger charge is -2.27. The SMILES string of the molecule is COc1ccc(N(C)c2ccc(N(c3ccc(-c4ccccc4)cc3)c3ccc(-c4ccccc4)cc3)cc2)cc1.Cc1ccc(N(C)c2ccc(N(c3ccc(-c4ccccc4)cc3)c3ccc(-c4ccccc4)cc3)cc2)cc1.Cc1cccc(N(C)c2ccc(N(c3ccc(-c4ccccc4)cc3)c3ccc(-c4ccccc4)cc3)cc2)c1. The molecule has 0 bridgehead atoms. The fourth-order valence-electron chi connectivity index (χ4n) is 15.3. The molecule has 0 aliphatic heterocycles. The zero-order valence-corrected chi connectivity index (χ0v) is 69.1. The third-order valence-electron chi connectivity index (χ3n) is 22.2. The van der Waals surface area contributed by atoms with E-state index in [1.165, 1.54) is 89.3 Å². The van der Waals surface area contributed by atoms with Crippen molar-refractivity contribution in [2.24, 2.45) is 0 Å². The number of anilines is 15. The Labute approximate surface area is 713 Å². The topological polar surface area (TPSA) is 28.7 Å². The summed E-state index contributed by atoms with van der Waals surface area (Å²) in [5.74, 6) is 0.852. The van der Waals surface area contributed by atoms with Gasteiger partial charge in [0.2, 0.25) is 0 Å². The first-order chi connectivity index (χ1) is 59.5. The Balaban J connectivity index is 0.000000135. The van der Waals surface area contributed by atoms with Gasteiger partial charge in [0, 0.05) is 106 Å². The van der Waals surface area contributed by atoms with Crippen molar-refractivity contribution in [1.29, 1.82) is 0 Å². The Morgan fingerprint density at radius 3 is 0.529 bits per heavy atom. The van der Waals surface area contributed by atoms with E-state index in [2.05, 4.69) is 525 Å². The highest BCUT2D eigenvalue weighted by molar-refractivity contribution is 5.86. The highest BCUT2D eigenvalue weighted by Crippen LogP contribution is 2.43. The second-order valence-electron chi connectivity index (χ2n) is 30.1. The van der Waals surface area contributed by atoms with Crippen molar-refractivity contribution in [2.75, 3.05) is 57.7 Å². The van der Waals surface area contributed by atoms with Crippen LogP contribution in [0.5, 0.6) is 5.75 Å². The summed E-state index contributed by atoms with van der Waals surface area (Å²) in [5, 5.41) is 0. The van der Waals surface area contributed by atoms with Crippen LogP contribution in [0.1, 0.15) is 11.1 Å². The molecule has 0 fully saturated rings. The number of benzene rings is 18. The molecule has 0 spiro atoms. The highest BCUT2D eigenvalue weighted by Gasteiger charge is 2.20. The molecule has 7 nitrogen and oxygen atoms in total. The van der Waals surface area contributed by atoms with E-state index in [0.717, 1.165) is 79.7 Å². The Morgan fingerprint density at radius 1 is 0.149 bits per heavy atom. The molecule has 0 amide bonds. The first kappa shape index (κ1) is 79.4. The Bertz CT molecular complexity index is 6000. The number of ether oxygens (including phenoxy) is 1. The molecule has 0 heterocycles. The van der Waals surface area contributed by atoms with Gasteiger partial charge in [-0.15, -0.1) is 0 Å². The van der Waals surface area contributed by atoms with Crippen molar-refractivity contribution < 1.29 is 4.74 Å². The molecule has 0 aromatic heterocycles. The standard InChI is InChI=1S/C38H32N2O.2C38H32N2/c1-39(34-25-27-38(41-2)28-26-34)33-21-23-37(24-22-33)40(35-17-13-31(14-18-35)29-9-5-3-6-10-29)36-19-15-32(16-20-36)30-11-7-4-8-12-30;1-29-10-9-15-38(28-29)39(2)34-24-26-37(27-25-34)40(35-20-16-32(17-21-35)30-11-5-3-6-12-30)36-22-18-33(19-23-36)31-13-7-4-8-14-31;1-29-13-19-34(20-14-29)39(2)35-25-27-38(28-26-35)40(36-21-15-32(16-22-36)30-9-5-3-6-10-30)37-23-17-33(18-24-37)31-11-7-4-8-12-31/h3-28H,1-2H3;2*3-28H,1-2H3. The van der Waals surface area contributed by atoms with E-state index in [1.54, 1.807) is 7.11 Å². The van der Waals surface area contributed by atoms with Crippen LogP contribution in [0.4, 0.5) is 85.3 Å². The van der Waals surface area contributed by atoms with Crippen LogP contribution in [-0.4, -0.2) is 28.3 Å². The molecule has 0 saturated carbocycles. The molecule has 18 aromatic carbocycles. The molecular weight excluding hydrogens is 1470 g/mol. The van der Waals surface area contributed by atoms with Crippen LogP contribution < -0.4 is 34.1 Å². The second kappa shape index (κ2) is 38.1. The van der Waals surface area contributed by atoms with Crippen LogP contribution in [0.3, 0.4) is 0 Å². The van der Waals surface area contributed by atoms with Crippen LogP contribution in [0.25, 0.3) is 66.8 Å². The fraction of sp³-hybridized carbons (Fsp3) is 0.0526. The van der Waals surface area contributed by atoms with Crippen molar-refractivity contribution >= 4 is 85.3 Å². The molecule has 0 aliphatic carbocycles. The molecule has 588 valence electrons. The van der Waals surface area contributed by atoms with Gasteiger partial charge in [-0.05, 0) is 280 Å². The lowest BCUT2D eigenvalue weighted by atomic mass is 10.0. The smallest absolute Gasteiger partial charge is 0.119 e. The summed E-state index contributed by atoms with van der Waals surface area (Å²) >= 11 is 0. The van der Waals surface area contributed by atoms with Crippen LogP contribution in [-0.2, 0) is 0 Å². The maximum atomic E-state index is 5.32. The molecule has 18 rings (SSSR count). The molecule has 0 N–H and O–H groups in total. The van der Waals surface area contributed by atoms with Gasteiger partial charge in [0.05, 0.1) is 7.11 Å². The fourth-order valence-corrected chi connectivity index (χ4v) is 15.3. The van der Waals surface area contributed by atoms with Crippen LogP contribution in [0.15, 0.2) is 473 Å². The molecule has 7 heteroatoms. The Morgan fingerprint density at radius 2 is 0.322 bits per heavy atom. The summed E-state index contributed by atoms with van der Waals surface area (Å²) in [6, 6.07) is 168. The van der Waals surface area contributed by atoms with Gasteiger partial charge in [0.25, 0.3) is 0 Å². The van der Waals surface area contributed by atoms with Crippen LogP contribution in [0.2, 0.25) is 0 Å². The number of hydrogen-bond acceptors (Lipinski definition) is 7. The van der Waals surface area contributed by atoms with E-state index < -0.39 is 0 Å². The number of rotatable bonds is 22. The van der Waals surface area contributed by atoms with Gasteiger partial charge in [-0.25, -0.2) is 0 Å².